The Kier molecular flexibility index (Phi) is 4.16. The second-order valence-corrected chi connectivity index (χ2v) is 6.11. The first-order valence-corrected chi connectivity index (χ1v) is 7.86. The molecule has 3 aromatic heterocycles. The molecule has 3 heterocycles. The highest BCUT2D eigenvalue weighted by Gasteiger charge is 2.15. The maximum absolute atomic E-state index is 12.1. The van der Waals surface area contributed by atoms with Gasteiger partial charge >= 0.3 is 0 Å². The lowest BCUT2D eigenvalue weighted by Crippen LogP contribution is -2.36. The minimum absolute atomic E-state index is 0.0784. The standard InChI is InChI=1S/C15H16N4O3S/c1-9-11-6-12(23-15(11)19(2)18-9)14(21)17-8-13(20)16-7-10-4-3-5-22-10/h3-6H,7-8H2,1-2H3,(H,16,20)(H,17,21). The van der Waals surface area contributed by atoms with Crippen molar-refractivity contribution in [1.82, 2.24) is 20.4 Å². The van der Waals surface area contributed by atoms with E-state index >= 15 is 0 Å². The molecule has 0 saturated heterocycles. The number of aryl methyl sites for hydroxylation is 2. The number of nitrogens with one attached hydrogen (secondary N) is 2. The van der Waals surface area contributed by atoms with Crippen LogP contribution >= 0.6 is 11.3 Å². The summed E-state index contributed by atoms with van der Waals surface area (Å²) in [4.78, 5) is 25.4. The molecule has 8 heteroatoms. The molecule has 23 heavy (non-hydrogen) atoms. The third-order valence-electron chi connectivity index (χ3n) is 3.37. The predicted molar refractivity (Wildman–Crippen MR) is 86.2 cm³/mol. The van der Waals surface area contributed by atoms with Crippen LogP contribution in [0, 0.1) is 6.92 Å². The largest absolute Gasteiger partial charge is 0.467 e. The Labute approximate surface area is 136 Å². The topological polar surface area (TPSA) is 89.2 Å². The number of nitrogens with zero attached hydrogens (tertiary/aromatic N) is 2. The summed E-state index contributed by atoms with van der Waals surface area (Å²) in [5.74, 6) is 0.129. The van der Waals surface area contributed by atoms with E-state index in [9.17, 15) is 9.59 Å². The summed E-state index contributed by atoms with van der Waals surface area (Å²) < 4.78 is 6.87. The van der Waals surface area contributed by atoms with Crippen LogP contribution in [0.3, 0.4) is 0 Å². The van der Waals surface area contributed by atoms with E-state index in [2.05, 4.69) is 15.7 Å². The van der Waals surface area contributed by atoms with Gasteiger partial charge in [-0.05, 0) is 25.1 Å². The average molecular weight is 332 g/mol. The molecule has 3 rings (SSSR count). The molecular weight excluding hydrogens is 316 g/mol. The van der Waals surface area contributed by atoms with E-state index < -0.39 is 0 Å². The van der Waals surface area contributed by atoms with E-state index in [4.69, 9.17) is 4.42 Å². The molecule has 2 amide bonds. The third kappa shape index (κ3) is 3.26. The zero-order valence-corrected chi connectivity index (χ0v) is 13.6. The summed E-state index contributed by atoms with van der Waals surface area (Å²) in [7, 11) is 1.84. The lowest BCUT2D eigenvalue weighted by molar-refractivity contribution is -0.120. The van der Waals surface area contributed by atoms with Crippen LogP contribution in [-0.2, 0) is 18.4 Å². The van der Waals surface area contributed by atoms with E-state index in [1.165, 1.54) is 11.3 Å². The molecule has 0 aliphatic rings. The van der Waals surface area contributed by atoms with Crippen LogP contribution < -0.4 is 10.6 Å². The van der Waals surface area contributed by atoms with Crippen molar-refractivity contribution in [2.45, 2.75) is 13.5 Å². The first-order chi connectivity index (χ1) is 11.0. The number of carbonyl (C=O) groups excluding carboxylic acids is 2. The molecule has 0 spiro atoms. The van der Waals surface area contributed by atoms with E-state index in [0.717, 1.165) is 15.9 Å². The van der Waals surface area contributed by atoms with Gasteiger partial charge in [-0.15, -0.1) is 11.3 Å². The fourth-order valence-corrected chi connectivity index (χ4v) is 3.27. The van der Waals surface area contributed by atoms with Gasteiger partial charge in [0.15, 0.2) is 0 Å². The SMILES string of the molecule is Cc1nn(C)c2sc(C(=O)NCC(=O)NCc3ccco3)cc12. The Morgan fingerprint density at radius 2 is 2.22 bits per heavy atom. The van der Waals surface area contributed by atoms with E-state index in [1.807, 2.05) is 14.0 Å². The summed E-state index contributed by atoms with van der Waals surface area (Å²) in [6.45, 7) is 2.12. The first-order valence-electron chi connectivity index (χ1n) is 7.05. The number of amides is 2. The molecule has 3 aromatic rings. The summed E-state index contributed by atoms with van der Waals surface area (Å²) in [6.07, 6.45) is 1.54. The Balaban J connectivity index is 1.55. The monoisotopic (exact) mass is 332 g/mol. The first kappa shape index (κ1) is 15.3. The van der Waals surface area contributed by atoms with Crippen molar-refractivity contribution in [1.29, 1.82) is 0 Å². The molecule has 0 aromatic carbocycles. The maximum atomic E-state index is 12.1. The summed E-state index contributed by atoms with van der Waals surface area (Å²) >= 11 is 1.36. The van der Waals surface area contributed by atoms with Crippen molar-refractivity contribution in [3.8, 4) is 0 Å². The molecule has 0 saturated carbocycles. The normalized spacial score (nSPS) is 10.9. The Hall–Kier alpha value is -2.61. The molecule has 0 aliphatic carbocycles. The Morgan fingerprint density at radius 1 is 1.39 bits per heavy atom. The fraction of sp³-hybridized carbons (Fsp3) is 0.267. The molecule has 120 valence electrons. The van der Waals surface area contributed by atoms with E-state index in [0.29, 0.717) is 17.2 Å². The van der Waals surface area contributed by atoms with E-state index in [1.54, 1.807) is 29.1 Å². The highest BCUT2D eigenvalue weighted by Crippen LogP contribution is 2.27. The van der Waals surface area contributed by atoms with Crippen molar-refractivity contribution < 1.29 is 14.0 Å². The number of hydrogen-bond acceptors (Lipinski definition) is 5. The maximum Gasteiger partial charge on any atom is 0.261 e. The van der Waals surface area contributed by atoms with Crippen LogP contribution in [0.5, 0.6) is 0 Å². The van der Waals surface area contributed by atoms with Crippen LogP contribution in [0.1, 0.15) is 21.1 Å². The molecule has 0 aliphatic heterocycles. The number of rotatable bonds is 5. The fourth-order valence-electron chi connectivity index (χ4n) is 2.23. The lowest BCUT2D eigenvalue weighted by atomic mass is 10.3. The van der Waals surface area contributed by atoms with Crippen LogP contribution in [0.25, 0.3) is 10.2 Å². The van der Waals surface area contributed by atoms with Gasteiger partial charge in [-0.25, -0.2) is 0 Å². The van der Waals surface area contributed by atoms with Gasteiger partial charge in [0.1, 0.15) is 10.6 Å². The van der Waals surface area contributed by atoms with Crippen molar-refractivity contribution in [3.05, 3.63) is 40.8 Å². The molecule has 0 bridgehead atoms. The van der Waals surface area contributed by atoms with Gasteiger partial charge < -0.3 is 15.1 Å². The van der Waals surface area contributed by atoms with Crippen LogP contribution in [0.15, 0.2) is 28.9 Å². The summed E-state index contributed by atoms with van der Waals surface area (Å²) in [5.41, 5.74) is 0.883. The molecule has 0 unspecified atom stereocenters. The van der Waals surface area contributed by atoms with Crippen LogP contribution in [0.2, 0.25) is 0 Å². The smallest absolute Gasteiger partial charge is 0.261 e. The molecule has 7 nitrogen and oxygen atoms in total. The van der Waals surface area contributed by atoms with E-state index in [-0.39, 0.29) is 18.4 Å². The third-order valence-corrected chi connectivity index (χ3v) is 4.57. The predicted octanol–water partition coefficient (Wildman–Crippen LogP) is 1.58. The number of fused-ring (bicyclic) bond motifs is 1. The van der Waals surface area contributed by atoms with Gasteiger partial charge in [-0.3, -0.25) is 14.3 Å². The quantitative estimate of drug-likeness (QED) is 0.742. The lowest BCUT2D eigenvalue weighted by Gasteiger charge is -2.04. The van der Waals surface area contributed by atoms with Gasteiger partial charge in [0.05, 0.1) is 29.9 Å². The van der Waals surface area contributed by atoms with Gasteiger partial charge in [0, 0.05) is 12.4 Å². The minimum atomic E-state index is -0.270. The number of hydrogen-bond donors (Lipinski definition) is 2. The number of aromatic nitrogens is 2. The zero-order valence-electron chi connectivity index (χ0n) is 12.8. The average Bonchev–Trinajstić information content (AvgIpc) is 3.23. The highest BCUT2D eigenvalue weighted by atomic mass is 32.1. The molecule has 0 atom stereocenters. The van der Waals surface area contributed by atoms with Gasteiger partial charge in [0.25, 0.3) is 5.91 Å². The Bertz CT molecular complexity index is 813. The second-order valence-electron chi connectivity index (χ2n) is 5.08. The summed E-state index contributed by atoms with van der Waals surface area (Å²) in [5, 5.41) is 10.6. The van der Waals surface area contributed by atoms with Crippen molar-refractivity contribution >= 4 is 33.4 Å². The van der Waals surface area contributed by atoms with Crippen molar-refractivity contribution in [2.75, 3.05) is 6.54 Å². The molecule has 2 N–H and O–H groups in total. The molecule has 0 fully saturated rings. The zero-order chi connectivity index (χ0) is 16.4. The molecule has 0 radical (unpaired) electrons. The summed E-state index contributed by atoms with van der Waals surface area (Å²) in [6, 6.07) is 5.33. The number of thiophene rings is 1. The highest BCUT2D eigenvalue weighted by molar-refractivity contribution is 7.20. The van der Waals surface area contributed by atoms with Gasteiger partial charge in [-0.1, -0.05) is 0 Å². The second kappa shape index (κ2) is 6.25. The molecular formula is C15H16N4O3S. The number of carbonyl (C=O) groups is 2. The van der Waals surface area contributed by atoms with Crippen LogP contribution in [0.4, 0.5) is 0 Å². The van der Waals surface area contributed by atoms with Gasteiger partial charge in [-0.2, -0.15) is 5.10 Å². The van der Waals surface area contributed by atoms with Gasteiger partial charge in [0.2, 0.25) is 5.91 Å². The van der Waals surface area contributed by atoms with Crippen molar-refractivity contribution in [2.24, 2.45) is 7.05 Å². The van der Waals surface area contributed by atoms with Crippen molar-refractivity contribution in [3.63, 3.8) is 0 Å². The minimum Gasteiger partial charge on any atom is -0.467 e. The Morgan fingerprint density at radius 3 is 2.91 bits per heavy atom. The van der Waals surface area contributed by atoms with Crippen LogP contribution in [-0.4, -0.2) is 28.1 Å². The number of furan rings is 1.